The summed E-state index contributed by atoms with van der Waals surface area (Å²) in [5.41, 5.74) is 2.18. The average Bonchev–Trinajstić information content (AvgIpc) is 2.84. The number of aryl methyl sites for hydroxylation is 1. The molecule has 9 heteroatoms. The molecule has 0 aliphatic heterocycles. The molecule has 0 unspecified atom stereocenters. The fourth-order valence-electron chi connectivity index (χ4n) is 3.35. The van der Waals surface area contributed by atoms with E-state index in [0.717, 1.165) is 5.56 Å². The monoisotopic (exact) mass is 482 g/mol. The number of amides is 1. The Balaban J connectivity index is 1.85. The normalized spacial score (nSPS) is 12.0. The van der Waals surface area contributed by atoms with Crippen LogP contribution in [0.25, 0.3) is 0 Å². The molecule has 2 N–H and O–H groups in total. The standard InChI is InChI=1S/C25H26N2O6S/c1-17-15-21(13-14-23(17)32-2)34(30,31)27-22(16-18-7-5-4-6-8-18)24(28)26-20-11-9-19(10-12-20)25(29)33-3/h4-15,22,27H,16H2,1-3H3,(H,26,28)/t22-/m0/s1. The van der Waals surface area contributed by atoms with Gasteiger partial charge >= 0.3 is 5.97 Å². The van der Waals surface area contributed by atoms with Crippen molar-refractivity contribution in [1.82, 2.24) is 4.72 Å². The summed E-state index contributed by atoms with van der Waals surface area (Å²) in [7, 11) is -1.23. The number of rotatable bonds is 9. The van der Waals surface area contributed by atoms with Gasteiger partial charge in [-0.3, -0.25) is 4.79 Å². The maximum absolute atomic E-state index is 13.1. The van der Waals surface area contributed by atoms with E-state index in [1.54, 1.807) is 25.1 Å². The van der Waals surface area contributed by atoms with Crippen molar-refractivity contribution in [2.45, 2.75) is 24.3 Å². The first-order chi connectivity index (χ1) is 16.2. The van der Waals surface area contributed by atoms with Crippen molar-refractivity contribution < 1.29 is 27.5 Å². The number of benzene rings is 3. The van der Waals surface area contributed by atoms with E-state index in [1.165, 1.54) is 38.5 Å². The van der Waals surface area contributed by atoms with Crippen LogP contribution in [0, 0.1) is 6.92 Å². The number of anilines is 1. The molecule has 0 spiro atoms. The molecule has 0 aliphatic rings. The summed E-state index contributed by atoms with van der Waals surface area (Å²) < 4.78 is 38.6. The van der Waals surface area contributed by atoms with E-state index >= 15 is 0 Å². The lowest BCUT2D eigenvalue weighted by atomic mass is 10.1. The van der Waals surface area contributed by atoms with Gasteiger partial charge in [0.15, 0.2) is 0 Å². The fourth-order valence-corrected chi connectivity index (χ4v) is 4.63. The van der Waals surface area contributed by atoms with Crippen LogP contribution in [0.4, 0.5) is 5.69 Å². The van der Waals surface area contributed by atoms with Gasteiger partial charge in [-0.05, 0) is 66.9 Å². The Morgan fingerprint density at radius 1 is 0.941 bits per heavy atom. The first-order valence-corrected chi connectivity index (χ1v) is 11.9. The highest BCUT2D eigenvalue weighted by Gasteiger charge is 2.27. The summed E-state index contributed by atoms with van der Waals surface area (Å²) in [5.74, 6) is -0.473. The molecular weight excluding hydrogens is 456 g/mol. The molecule has 1 amide bonds. The number of carbonyl (C=O) groups excluding carboxylic acids is 2. The van der Waals surface area contributed by atoms with Crippen molar-refractivity contribution in [3.63, 3.8) is 0 Å². The number of sulfonamides is 1. The zero-order chi connectivity index (χ0) is 24.7. The maximum Gasteiger partial charge on any atom is 0.337 e. The molecule has 0 fully saturated rings. The van der Waals surface area contributed by atoms with Gasteiger partial charge < -0.3 is 14.8 Å². The van der Waals surface area contributed by atoms with E-state index in [2.05, 4.69) is 14.8 Å². The molecule has 1 atom stereocenters. The summed E-state index contributed by atoms with van der Waals surface area (Å²) >= 11 is 0. The second kappa shape index (κ2) is 11.0. The zero-order valence-electron chi connectivity index (χ0n) is 19.1. The van der Waals surface area contributed by atoms with Crippen molar-refractivity contribution in [2.24, 2.45) is 0 Å². The highest BCUT2D eigenvalue weighted by atomic mass is 32.2. The lowest BCUT2D eigenvalue weighted by Gasteiger charge is -2.19. The van der Waals surface area contributed by atoms with E-state index in [4.69, 9.17) is 4.74 Å². The van der Waals surface area contributed by atoms with Gasteiger partial charge in [0.1, 0.15) is 11.8 Å². The van der Waals surface area contributed by atoms with Gasteiger partial charge in [0.05, 0.1) is 24.7 Å². The highest BCUT2D eigenvalue weighted by Crippen LogP contribution is 2.22. The van der Waals surface area contributed by atoms with Crippen LogP contribution in [0.1, 0.15) is 21.5 Å². The molecule has 3 aromatic rings. The Hall–Kier alpha value is -3.69. The molecule has 0 saturated carbocycles. The van der Waals surface area contributed by atoms with E-state index in [9.17, 15) is 18.0 Å². The molecule has 3 aromatic carbocycles. The average molecular weight is 483 g/mol. The second-order valence-corrected chi connectivity index (χ2v) is 9.27. The Morgan fingerprint density at radius 3 is 2.21 bits per heavy atom. The summed E-state index contributed by atoms with van der Waals surface area (Å²) in [6, 6.07) is 18.6. The summed E-state index contributed by atoms with van der Waals surface area (Å²) in [6.07, 6.45) is 0.140. The van der Waals surface area contributed by atoms with E-state index in [-0.39, 0.29) is 11.3 Å². The van der Waals surface area contributed by atoms with Crippen LogP contribution in [-0.4, -0.2) is 40.6 Å². The van der Waals surface area contributed by atoms with E-state index < -0.39 is 27.9 Å². The summed E-state index contributed by atoms with van der Waals surface area (Å²) in [5, 5.41) is 2.71. The molecule has 34 heavy (non-hydrogen) atoms. The number of methoxy groups -OCH3 is 2. The number of hydrogen-bond acceptors (Lipinski definition) is 6. The summed E-state index contributed by atoms with van der Waals surface area (Å²) in [4.78, 5) is 24.8. The third-order valence-electron chi connectivity index (χ3n) is 5.15. The Kier molecular flexibility index (Phi) is 8.04. The van der Waals surface area contributed by atoms with Crippen LogP contribution in [-0.2, 0) is 26.0 Å². The van der Waals surface area contributed by atoms with Crippen molar-refractivity contribution >= 4 is 27.6 Å². The molecule has 0 aliphatic carbocycles. The van der Waals surface area contributed by atoms with E-state index in [1.807, 2.05) is 30.3 Å². The molecular formula is C25H26N2O6S. The molecule has 3 rings (SSSR count). The first-order valence-electron chi connectivity index (χ1n) is 10.4. The summed E-state index contributed by atoms with van der Waals surface area (Å²) in [6.45, 7) is 1.74. The largest absolute Gasteiger partial charge is 0.496 e. The molecule has 0 aromatic heterocycles. The second-order valence-electron chi connectivity index (χ2n) is 7.55. The third kappa shape index (κ3) is 6.21. The topological polar surface area (TPSA) is 111 Å². The van der Waals surface area contributed by atoms with Crippen molar-refractivity contribution in [2.75, 3.05) is 19.5 Å². The van der Waals surface area contributed by atoms with Crippen LogP contribution >= 0.6 is 0 Å². The Labute approximate surface area is 199 Å². The van der Waals surface area contributed by atoms with Crippen molar-refractivity contribution in [3.8, 4) is 5.75 Å². The van der Waals surface area contributed by atoms with Crippen LogP contribution in [0.3, 0.4) is 0 Å². The van der Waals surface area contributed by atoms with Crippen LogP contribution in [0.5, 0.6) is 5.75 Å². The van der Waals surface area contributed by atoms with Gasteiger partial charge in [-0.2, -0.15) is 4.72 Å². The fraction of sp³-hybridized carbons (Fsp3) is 0.200. The number of carbonyl (C=O) groups is 2. The SMILES string of the molecule is COC(=O)c1ccc(NC(=O)[C@H](Cc2ccccc2)NS(=O)(=O)c2ccc(OC)c(C)c2)cc1. The van der Waals surface area contributed by atoms with Gasteiger partial charge in [0.2, 0.25) is 15.9 Å². The molecule has 0 radical (unpaired) electrons. The Bertz CT molecular complexity index is 1260. The van der Waals surface area contributed by atoms with Crippen molar-refractivity contribution in [3.05, 3.63) is 89.5 Å². The molecule has 0 heterocycles. The minimum absolute atomic E-state index is 0.0269. The van der Waals surface area contributed by atoms with Gasteiger partial charge in [0.25, 0.3) is 0 Å². The van der Waals surface area contributed by atoms with Crippen LogP contribution < -0.4 is 14.8 Å². The molecule has 0 bridgehead atoms. The van der Waals surface area contributed by atoms with E-state index in [0.29, 0.717) is 22.6 Å². The first kappa shape index (κ1) is 24.9. The van der Waals surface area contributed by atoms with Gasteiger partial charge in [0, 0.05) is 5.69 Å². The number of hydrogen-bond donors (Lipinski definition) is 2. The predicted molar refractivity (Wildman–Crippen MR) is 128 cm³/mol. The molecule has 178 valence electrons. The predicted octanol–water partition coefficient (Wildman–Crippen LogP) is 3.32. The maximum atomic E-state index is 13.1. The van der Waals surface area contributed by atoms with Crippen LogP contribution in [0.15, 0.2) is 77.7 Å². The minimum atomic E-state index is -4.01. The zero-order valence-corrected chi connectivity index (χ0v) is 19.9. The quantitative estimate of drug-likeness (QED) is 0.453. The number of esters is 1. The van der Waals surface area contributed by atoms with Gasteiger partial charge in [-0.1, -0.05) is 30.3 Å². The third-order valence-corrected chi connectivity index (χ3v) is 6.62. The number of nitrogens with one attached hydrogen (secondary N) is 2. The molecule has 8 nitrogen and oxygen atoms in total. The smallest absolute Gasteiger partial charge is 0.337 e. The highest BCUT2D eigenvalue weighted by molar-refractivity contribution is 7.89. The number of ether oxygens (including phenoxy) is 2. The minimum Gasteiger partial charge on any atom is -0.496 e. The van der Waals surface area contributed by atoms with Crippen LogP contribution in [0.2, 0.25) is 0 Å². The van der Waals surface area contributed by atoms with Gasteiger partial charge in [-0.15, -0.1) is 0 Å². The Morgan fingerprint density at radius 2 is 1.62 bits per heavy atom. The molecule has 0 saturated heterocycles. The lowest BCUT2D eigenvalue weighted by molar-refractivity contribution is -0.117. The van der Waals surface area contributed by atoms with Crippen molar-refractivity contribution in [1.29, 1.82) is 0 Å². The lowest BCUT2D eigenvalue weighted by Crippen LogP contribution is -2.45. The van der Waals surface area contributed by atoms with Gasteiger partial charge in [-0.25, -0.2) is 13.2 Å².